The first kappa shape index (κ1) is 18.7. The molecule has 1 aromatic heterocycles. The van der Waals surface area contributed by atoms with Crippen molar-refractivity contribution in [2.24, 2.45) is 0 Å². The largest absolute Gasteiger partial charge is 0.508 e. The van der Waals surface area contributed by atoms with Crippen molar-refractivity contribution in [3.63, 3.8) is 0 Å². The van der Waals surface area contributed by atoms with Gasteiger partial charge in [0.05, 0.1) is 10.7 Å². The molecule has 0 fully saturated rings. The quantitative estimate of drug-likeness (QED) is 0.359. The third kappa shape index (κ3) is 4.74. The SMILES string of the molecule is O=C(CSc1nnc(-c2cccc(O)c2)o1)Nc1ccc(Cl)c([N+](=O)[O-])c1. The monoisotopic (exact) mass is 406 g/mol. The van der Waals surface area contributed by atoms with Gasteiger partial charge < -0.3 is 14.8 Å². The van der Waals surface area contributed by atoms with Gasteiger partial charge in [0.25, 0.3) is 10.9 Å². The molecule has 0 atom stereocenters. The Hall–Kier alpha value is -3.11. The predicted octanol–water partition coefficient (Wildman–Crippen LogP) is 3.73. The number of hydrogen-bond donors (Lipinski definition) is 2. The fourth-order valence-corrected chi connectivity index (χ4v) is 2.83. The molecule has 27 heavy (non-hydrogen) atoms. The van der Waals surface area contributed by atoms with Crippen molar-refractivity contribution < 1.29 is 19.2 Å². The average Bonchev–Trinajstić information content (AvgIpc) is 3.10. The summed E-state index contributed by atoms with van der Waals surface area (Å²) in [4.78, 5) is 22.3. The van der Waals surface area contributed by atoms with Crippen LogP contribution in [0.5, 0.6) is 5.75 Å². The molecule has 2 aromatic carbocycles. The molecular weight excluding hydrogens is 396 g/mol. The van der Waals surface area contributed by atoms with E-state index in [9.17, 15) is 20.0 Å². The van der Waals surface area contributed by atoms with Crippen molar-refractivity contribution in [1.29, 1.82) is 0 Å². The molecule has 0 aliphatic rings. The Balaban J connectivity index is 1.60. The van der Waals surface area contributed by atoms with Crippen LogP contribution in [0.3, 0.4) is 0 Å². The Morgan fingerprint density at radius 3 is 2.85 bits per heavy atom. The summed E-state index contributed by atoms with van der Waals surface area (Å²) in [6.07, 6.45) is 0. The minimum absolute atomic E-state index is 0.0160. The maximum atomic E-state index is 12.0. The van der Waals surface area contributed by atoms with Crippen LogP contribution in [0.15, 0.2) is 52.1 Å². The molecule has 0 bridgehead atoms. The van der Waals surface area contributed by atoms with E-state index >= 15 is 0 Å². The van der Waals surface area contributed by atoms with Gasteiger partial charge >= 0.3 is 0 Å². The molecule has 11 heteroatoms. The number of nitrogens with zero attached hydrogens (tertiary/aromatic N) is 3. The number of hydrogen-bond acceptors (Lipinski definition) is 8. The van der Waals surface area contributed by atoms with Gasteiger partial charge in [-0.25, -0.2) is 0 Å². The molecule has 9 nitrogen and oxygen atoms in total. The van der Waals surface area contributed by atoms with E-state index in [1.165, 1.54) is 30.3 Å². The number of phenols is 1. The van der Waals surface area contributed by atoms with E-state index in [-0.39, 0.29) is 39.0 Å². The van der Waals surface area contributed by atoms with Gasteiger partial charge in [-0.15, -0.1) is 10.2 Å². The molecule has 1 heterocycles. The highest BCUT2D eigenvalue weighted by atomic mass is 35.5. The fraction of sp³-hybridized carbons (Fsp3) is 0.0625. The Morgan fingerprint density at radius 1 is 1.30 bits per heavy atom. The Kier molecular flexibility index (Phi) is 5.57. The van der Waals surface area contributed by atoms with Crippen LogP contribution in [-0.4, -0.2) is 31.9 Å². The summed E-state index contributed by atoms with van der Waals surface area (Å²) in [7, 11) is 0. The summed E-state index contributed by atoms with van der Waals surface area (Å²) in [5, 5.41) is 30.7. The molecule has 0 spiro atoms. The van der Waals surface area contributed by atoms with Gasteiger partial charge in [-0.2, -0.15) is 0 Å². The number of aromatic hydroxyl groups is 1. The summed E-state index contributed by atoms with van der Waals surface area (Å²) < 4.78 is 5.43. The first-order valence-corrected chi connectivity index (χ1v) is 8.78. The molecule has 0 aliphatic heterocycles. The van der Waals surface area contributed by atoms with E-state index in [4.69, 9.17) is 16.0 Å². The summed E-state index contributed by atoms with van der Waals surface area (Å²) in [5.74, 6) is -0.176. The maximum absolute atomic E-state index is 12.0. The summed E-state index contributed by atoms with van der Waals surface area (Å²) in [6, 6.07) is 10.3. The molecule has 2 N–H and O–H groups in total. The average molecular weight is 407 g/mol. The van der Waals surface area contributed by atoms with Crippen LogP contribution in [0, 0.1) is 10.1 Å². The molecule has 1 amide bonds. The molecular formula is C16H11ClN4O5S. The predicted molar refractivity (Wildman–Crippen MR) is 98.9 cm³/mol. The number of carbonyl (C=O) groups is 1. The third-order valence-electron chi connectivity index (χ3n) is 3.25. The Bertz CT molecular complexity index is 1010. The van der Waals surface area contributed by atoms with Crippen LogP contribution in [0.25, 0.3) is 11.5 Å². The van der Waals surface area contributed by atoms with Crippen molar-refractivity contribution in [1.82, 2.24) is 10.2 Å². The van der Waals surface area contributed by atoms with E-state index in [1.54, 1.807) is 12.1 Å². The lowest BCUT2D eigenvalue weighted by molar-refractivity contribution is -0.384. The number of anilines is 1. The van der Waals surface area contributed by atoms with Crippen LogP contribution in [0.4, 0.5) is 11.4 Å². The number of thioether (sulfide) groups is 1. The van der Waals surface area contributed by atoms with Gasteiger partial charge in [0.2, 0.25) is 11.8 Å². The second-order valence-electron chi connectivity index (χ2n) is 5.18. The lowest BCUT2D eigenvalue weighted by atomic mass is 10.2. The number of carbonyl (C=O) groups excluding carboxylic acids is 1. The van der Waals surface area contributed by atoms with E-state index in [0.29, 0.717) is 5.56 Å². The first-order valence-electron chi connectivity index (χ1n) is 7.42. The molecule has 3 aromatic rings. The van der Waals surface area contributed by atoms with Crippen molar-refractivity contribution in [3.8, 4) is 17.2 Å². The number of rotatable bonds is 6. The van der Waals surface area contributed by atoms with Crippen molar-refractivity contribution in [2.45, 2.75) is 5.22 Å². The lowest BCUT2D eigenvalue weighted by Crippen LogP contribution is -2.14. The van der Waals surface area contributed by atoms with Crippen LogP contribution >= 0.6 is 23.4 Å². The van der Waals surface area contributed by atoms with E-state index in [0.717, 1.165) is 11.8 Å². The number of nitrogens with one attached hydrogen (secondary N) is 1. The first-order chi connectivity index (χ1) is 12.9. The topological polar surface area (TPSA) is 131 Å². The summed E-state index contributed by atoms with van der Waals surface area (Å²) >= 11 is 6.74. The number of nitro benzene ring substituents is 1. The molecule has 3 rings (SSSR count). The zero-order valence-electron chi connectivity index (χ0n) is 13.5. The van der Waals surface area contributed by atoms with Gasteiger partial charge in [0, 0.05) is 17.3 Å². The lowest BCUT2D eigenvalue weighted by Gasteiger charge is -2.04. The second-order valence-corrected chi connectivity index (χ2v) is 6.52. The molecule has 0 saturated carbocycles. The Labute approximate surface area is 161 Å². The number of aromatic nitrogens is 2. The second kappa shape index (κ2) is 8.06. The number of halogens is 1. The van der Waals surface area contributed by atoms with Gasteiger partial charge in [0.1, 0.15) is 10.8 Å². The van der Waals surface area contributed by atoms with Gasteiger partial charge in [-0.05, 0) is 30.3 Å². The van der Waals surface area contributed by atoms with Crippen LogP contribution in [0.1, 0.15) is 0 Å². The Morgan fingerprint density at radius 2 is 2.11 bits per heavy atom. The highest BCUT2D eigenvalue weighted by molar-refractivity contribution is 7.99. The fourth-order valence-electron chi connectivity index (χ4n) is 2.08. The maximum Gasteiger partial charge on any atom is 0.289 e. The summed E-state index contributed by atoms with van der Waals surface area (Å²) in [5.41, 5.74) is 0.504. The standard InChI is InChI=1S/C16H11ClN4O5S/c17-12-5-4-10(7-13(12)21(24)25)18-14(23)8-27-16-20-19-15(26-16)9-2-1-3-11(22)6-9/h1-7,22H,8H2,(H,18,23). The van der Waals surface area contributed by atoms with Crippen molar-refractivity contribution in [2.75, 3.05) is 11.1 Å². The molecule has 138 valence electrons. The van der Waals surface area contributed by atoms with Crippen LogP contribution < -0.4 is 5.32 Å². The zero-order valence-corrected chi connectivity index (χ0v) is 15.0. The summed E-state index contributed by atoms with van der Waals surface area (Å²) in [6.45, 7) is 0. The van der Waals surface area contributed by atoms with Crippen LogP contribution in [0.2, 0.25) is 5.02 Å². The van der Waals surface area contributed by atoms with E-state index < -0.39 is 10.8 Å². The molecule has 0 saturated heterocycles. The third-order valence-corrected chi connectivity index (χ3v) is 4.39. The minimum Gasteiger partial charge on any atom is -0.508 e. The number of phenolic OH excluding ortho intramolecular Hbond substituents is 1. The minimum atomic E-state index is -0.631. The smallest absolute Gasteiger partial charge is 0.289 e. The molecule has 0 radical (unpaired) electrons. The highest BCUT2D eigenvalue weighted by Gasteiger charge is 2.15. The van der Waals surface area contributed by atoms with Crippen molar-refractivity contribution in [3.05, 3.63) is 57.6 Å². The van der Waals surface area contributed by atoms with Gasteiger partial charge in [-0.1, -0.05) is 29.4 Å². The van der Waals surface area contributed by atoms with Gasteiger partial charge in [0.15, 0.2) is 0 Å². The number of nitro groups is 1. The molecule has 0 unspecified atom stereocenters. The zero-order chi connectivity index (χ0) is 19.4. The number of benzene rings is 2. The van der Waals surface area contributed by atoms with E-state index in [2.05, 4.69) is 15.5 Å². The van der Waals surface area contributed by atoms with Gasteiger partial charge in [-0.3, -0.25) is 14.9 Å². The number of amides is 1. The van der Waals surface area contributed by atoms with E-state index in [1.807, 2.05) is 0 Å². The highest BCUT2D eigenvalue weighted by Crippen LogP contribution is 2.28. The molecule has 0 aliphatic carbocycles. The van der Waals surface area contributed by atoms with Crippen molar-refractivity contribution >= 4 is 40.6 Å². The van der Waals surface area contributed by atoms with Crippen LogP contribution in [-0.2, 0) is 4.79 Å². The normalized spacial score (nSPS) is 10.6.